The van der Waals surface area contributed by atoms with Gasteiger partial charge < -0.3 is 14.8 Å². The molecular formula is C19H18BO3. The lowest BCUT2D eigenvalue weighted by Gasteiger charge is -2.11. The van der Waals surface area contributed by atoms with Crippen molar-refractivity contribution in [1.29, 1.82) is 0 Å². The highest BCUT2D eigenvalue weighted by Crippen LogP contribution is 2.29. The largest absolute Gasteiger partial charge is 0.488 e. The molecule has 115 valence electrons. The number of para-hydroxylation sites is 1. The maximum Gasteiger partial charge on any atom is 0.482 e. The van der Waals surface area contributed by atoms with E-state index >= 15 is 0 Å². The van der Waals surface area contributed by atoms with E-state index in [1.165, 1.54) is 11.1 Å². The Morgan fingerprint density at radius 3 is 1.87 bits per heavy atom. The second-order valence-corrected chi connectivity index (χ2v) is 4.75. The fourth-order valence-corrected chi connectivity index (χ4v) is 2.18. The van der Waals surface area contributed by atoms with E-state index in [4.69, 9.17) is 14.8 Å². The summed E-state index contributed by atoms with van der Waals surface area (Å²) in [6, 6.07) is 28.7. The SMILES string of the molecule is O[B]O.c1ccc(COc2ccccc2-c2ccccc2)cc1. The second-order valence-electron chi connectivity index (χ2n) is 4.75. The maximum atomic E-state index is 7.00. The summed E-state index contributed by atoms with van der Waals surface area (Å²) in [5.41, 5.74) is 3.48. The van der Waals surface area contributed by atoms with Crippen molar-refractivity contribution in [3.8, 4) is 16.9 Å². The summed E-state index contributed by atoms with van der Waals surface area (Å²) in [5.74, 6) is 0.919. The lowest BCUT2D eigenvalue weighted by Crippen LogP contribution is -1.96. The molecule has 3 aromatic rings. The van der Waals surface area contributed by atoms with Crippen LogP contribution in [-0.2, 0) is 6.61 Å². The van der Waals surface area contributed by atoms with Crippen molar-refractivity contribution in [3.05, 3.63) is 90.5 Å². The molecular weight excluding hydrogens is 287 g/mol. The summed E-state index contributed by atoms with van der Waals surface area (Å²) in [4.78, 5) is 0. The molecule has 1 radical (unpaired) electrons. The molecule has 0 unspecified atom stereocenters. The Kier molecular flexibility index (Phi) is 6.91. The van der Waals surface area contributed by atoms with Gasteiger partial charge in [-0.3, -0.25) is 0 Å². The van der Waals surface area contributed by atoms with Crippen LogP contribution in [-0.4, -0.2) is 17.7 Å². The van der Waals surface area contributed by atoms with E-state index in [-0.39, 0.29) is 7.69 Å². The van der Waals surface area contributed by atoms with Gasteiger partial charge in [-0.1, -0.05) is 78.9 Å². The number of rotatable bonds is 4. The van der Waals surface area contributed by atoms with E-state index in [2.05, 4.69) is 30.3 Å². The zero-order valence-corrected chi connectivity index (χ0v) is 12.7. The van der Waals surface area contributed by atoms with E-state index in [1.807, 2.05) is 54.6 Å². The first-order chi connectivity index (χ1) is 11.3. The Balaban J connectivity index is 0.000000595. The Labute approximate surface area is 137 Å². The minimum Gasteiger partial charge on any atom is -0.488 e. The zero-order chi connectivity index (χ0) is 16.3. The van der Waals surface area contributed by atoms with Crippen molar-refractivity contribution in [2.45, 2.75) is 6.61 Å². The van der Waals surface area contributed by atoms with E-state index < -0.39 is 0 Å². The van der Waals surface area contributed by atoms with Crippen LogP contribution in [0.4, 0.5) is 0 Å². The molecule has 0 bridgehead atoms. The summed E-state index contributed by atoms with van der Waals surface area (Å²) in [5, 5.41) is 14.0. The van der Waals surface area contributed by atoms with Gasteiger partial charge in [-0.2, -0.15) is 0 Å². The monoisotopic (exact) mass is 305 g/mol. The van der Waals surface area contributed by atoms with Crippen LogP contribution in [0.5, 0.6) is 5.75 Å². The second kappa shape index (κ2) is 9.46. The highest BCUT2D eigenvalue weighted by Gasteiger charge is 2.05. The van der Waals surface area contributed by atoms with Gasteiger partial charge in [0.05, 0.1) is 0 Å². The standard InChI is InChI=1S/C19H16O.BH2O2/c1-3-9-16(10-4-1)15-20-19-14-8-7-13-18(19)17-11-5-2-6-12-17;2-1-3/h1-14H,15H2;2-3H. The molecule has 0 heterocycles. The molecule has 0 saturated heterocycles. The van der Waals surface area contributed by atoms with Crippen LogP contribution in [0.15, 0.2) is 84.9 Å². The molecule has 3 aromatic carbocycles. The minimum atomic E-state index is 0. The average molecular weight is 305 g/mol. The van der Waals surface area contributed by atoms with E-state index in [1.54, 1.807) is 0 Å². The van der Waals surface area contributed by atoms with E-state index in [0.717, 1.165) is 11.3 Å². The molecule has 0 aliphatic heterocycles. The maximum absolute atomic E-state index is 7.00. The molecule has 0 fully saturated rings. The van der Waals surface area contributed by atoms with Crippen molar-refractivity contribution >= 4 is 7.69 Å². The van der Waals surface area contributed by atoms with Crippen LogP contribution < -0.4 is 4.74 Å². The van der Waals surface area contributed by atoms with Gasteiger partial charge in [0.1, 0.15) is 12.4 Å². The first kappa shape index (κ1) is 16.8. The summed E-state index contributed by atoms with van der Waals surface area (Å²) in [6.45, 7) is 0.588. The molecule has 3 rings (SSSR count). The molecule has 23 heavy (non-hydrogen) atoms. The normalized spacial score (nSPS) is 9.48. The van der Waals surface area contributed by atoms with Crippen molar-refractivity contribution in [1.82, 2.24) is 0 Å². The van der Waals surface area contributed by atoms with Gasteiger partial charge in [0, 0.05) is 5.56 Å². The molecule has 0 spiro atoms. The van der Waals surface area contributed by atoms with Gasteiger partial charge in [0.15, 0.2) is 0 Å². The summed E-state index contributed by atoms with van der Waals surface area (Å²) >= 11 is 0. The van der Waals surface area contributed by atoms with Gasteiger partial charge in [-0.15, -0.1) is 0 Å². The third kappa shape index (κ3) is 5.29. The van der Waals surface area contributed by atoms with E-state index in [9.17, 15) is 0 Å². The summed E-state index contributed by atoms with van der Waals surface area (Å²) in [7, 11) is 0. The fraction of sp³-hybridized carbons (Fsp3) is 0.0526. The quantitative estimate of drug-likeness (QED) is 0.726. The fourth-order valence-electron chi connectivity index (χ4n) is 2.18. The number of hydrogen-bond acceptors (Lipinski definition) is 3. The molecule has 0 atom stereocenters. The van der Waals surface area contributed by atoms with Gasteiger partial charge >= 0.3 is 7.69 Å². The molecule has 0 aromatic heterocycles. The first-order valence-electron chi connectivity index (χ1n) is 7.26. The van der Waals surface area contributed by atoms with E-state index in [0.29, 0.717) is 6.61 Å². The van der Waals surface area contributed by atoms with Crippen LogP contribution in [0.3, 0.4) is 0 Å². The van der Waals surface area contributed by atoms with Crippen LogP contribution in [0.2, 0.25) is 0 Å². The van der Waals surface area contributed by atoms with Crippen LogP contribution in [0.1, 0.15) is 5.56 Å². The summed E-state index contributed by atoms with van der Waals surface area (Å²) in [6.07, 6.45) is 0. The topological polar surface area (TPSA) is 49.7 Å². The van der Waals surface area contributed by atoms with Gasteiger partial charge in [0.2, 0.25) is 0 Å². The third-order valence-electron chi connectivity index (χ3n) is 3.21. The number of hydrogen-bond donors (Lipinski definition) is 2. The highest BCUT2D eigenvalue weighted by molar-refractivity contribution is 6.13. The minimum absolute atomic E-state index is 0. The third-order valence-corrected chi connectivity index (χ3v) is 3.21. The van der Waals surface area contributed by atoms with Crippen molar-refractivity contribution in [2.24, 2.45) is 0 Å². The number of ether oxygens (including phenoxy) is 1. The molecule has 0 amide bonds. The Morgan fingerprint density at radius 2 is 1.22 bits per heavy atom. The summed E-state index contributed by atoms with van der Waals surface area (Å²) < 4.78 is 5.98. The molecule has 4 heteroatoms. The van der Waals surface area contributed by atoms with Crippen LogP contribution in [0.25, 0.3) is 11.1 Å². The van der Waals surface area contributed by atoms with Crippen LogP contribution >= 0.6 is 0 Å². The van der Waals surface area contributed by atoms with Gasteiger partial charge in [-0.05, 0) is 17.2 Å². The lowest BCUT2D eigenvalue weighted by molar-refractivity contribution is 0.307. The Hall–Kier alpha value is -2.56. The number of benzene rings is 3. The van der Waals surface area contributed by atoms with Gasteiger partial charge in [-0.25, -0.2) is 0 Å². The highest BCUT2D eigenvalue weighted by atomic mass is 16.5. The molecule has 3 nitrogen and oxygen atoms in total. The molecule has 0 saturated carbocycles. The molecule has 0 aliphatic rings. The zero-order valence-electron chi connectivity index (χ0n) is 12.7. The Bertz CT molecular complexity index is 687. The van der Waals surface area contributed by atoms with Crippen LogP contribution in [0, 0.1) is 0 Å². The smallest absolute Gasteiger partial charge is 0.482 e. The predicted molar refractivity (Wildman–Crippen MR) is 92.8 cm³/mol. The first-order valence-corrected chi connectivity index (χ1v) is 7.26. The van der Waals surface area contributed by atoms with Crippen molar-refractivity contribution in [2.75, 3.05) is 0 Å². The predicted octanol–water partition coefficient (Wildman–Crippen LogP) is 3.44. The molecule has 0 aliphatic carbocycles. The lowest BCUT2D eigenvalue weighted by atomic mass is 10.1. The average Bonchev–Trinajstić information content (AvgIpc) is 2.63. The van der Waals surface area contributed by atoms with Crippen molar-refractivity contribution in [3.63, 3.8) is 0 Å². The van der Waals surface area contributed by atoms with Gasteiger partial charge in [0.25, 0.3) is 0 Å². The Morgan fingerprint density at radius 1 is 0.696 bits per heavy atom. The van der Waals surface area contributed by atoms with Crippen molar-refractivity contribution < 1.29 is 14.8 Å². The molecule has 2 N–H and O–H groups in total.